The quantitative estimate of drug-likeness (QED) is 0.742. The van der Waals surface area contributed by atoms with Gasteiger partial charge in [0, 0.05) is 26.3 Å². The molecule has 0 fully saturated rings. The van der Waals surface area contributed by atoms with Crippen LogP contribution in [0.2, 0.25) is 0 Å². The Bertz CT molecular complexity index is 491. The number of rotatable bonds is 8. The van der Waals surface area contributed by atoms with Gasteiger partial charge in [-0.3, -0.25) is 0 Å². The Labute approximate surface area is 114 Å². The molecule has 0 aromatic carbocycles. The molecule has 0 spiro atoms. The number of nitrogens with one attached hydrogen (secondary N) is 1. The van der Waals surface area contributed by atoms with Crippen LogP contribution in [0.3, 0.4) is 0 Å². The van der Waals surface area contributed by atoms with Crippen LogP contribution in [0.5, 0.6) is 0 Å². The molecule has 0 saturated carbocycles. The number of hydrogen-bond donors (Lipinski definition) is 2. The van der Waals surface area contributed by atoms with Crippen LogP contribution in [0, 0.1) is 0 Å². The van der Waals surface area contributed by atoms with Crippen LogP contribution in [-0.4, -0.2) is 49.6 Å². The van der Waals surface area contributed by atoms with Gasteiger partial charge in [0.25, 0.3) is 10.0 Å². The Morgan fingerprint density at radius 1 is 1.42 bits per heavy atom. The lowest BCUT2D eigenvalue weighted by Crippen LogP contribution is -2.35. The first-order chi connectivity index (χ1) is 9.07. The second kappa shape index (κ2) is 7.42. The Hall–Kier alpha value is -1.18. The first-order valence-corrected chi connectivity index (χ1v) is 7.75. The van der Waals surface area contributed by atoms with Crippen molar-refractivity contribution in [1.29, 1.82) is 0 Å². The molecule has 0 bridgehead atoms. The van der Waals surface area contributed by atoms with Gasteiger partial charge in [0.2, 0.25) is 0 Å². The summed E-state index contributed by atoms with van der Waals surface area (Å²) in [6, 6.07) is 3.34. The molecule has 0 aliphatic heterocycles. The molecule has 108 valence electrons. The van der Waals surface area contributed by atoms with Crippen molar-refractivity contribution in [2.75, 3.05) is 32.1 Å². The van der Waals surface area contributed by atoms with Gasteiger partial charge in [-0.15, -0.1) is 0 Å². The van der Waals surface area contributed by atoms with E-state index in [0.717, 1.165) is 12.8 Å². The molecule has 19 heavy (non-hydrogen) atoms. The van der Waals surface area contributed by atoms with Gasteiger partial charge in [-0.05, 0) is 18.6 Å². The van der Waals surface area contributed by atoms with Crippen LogP contribution in [0.15, 0.2) is 23.4 Å². The average molecular weight is 287 g/mol. The molecule has 2 N–H and O–H groups in total. The summed E-state index contributed by atoms with van der Waals surface area (Å²) in [5.41, 5.74) is 0.460. The van der Waals surface area contributed by atoms with E-state index in [1.807, 2.05) is 6.92 Å². The van der Waals surface area contributed by atoms with Gasteiger partial charge in [0.05, 0.1) is 12.3 Å². The first kappa shape index (κ1) is 15.9. The zero-order valence-corrected chi connectivity index (χ0v) is 12.2. The van der Waals surface area contributed by atoms with E-state index in [2.05, 4.69) is 10.3 Å². The maximum Gasteiger partial charge on any atom is 0.262 e. The highest BCUT2D eigenvalue weighted by Crippen LogP contribution is 2.21. The maximum atomic E-state index is 12.5. The van der Waals surface area contributed by atoms with E-state index in [1.54, 1.807) is 19.2 Å². The third-order valence-corrected chi connectivity index (χ3v) is 4.59. The summed E-state index contributed by atoms with van der Waals surface area (Å²) >= 11 is 0. The molecule has 0 aliphatic rings. The fraction of sp³-hybridized carbons (Fsp3) is 0.583. The summed E-state index contributed by atoms with van der Waals surface area (Å²) in [5.74, 6) is 0. The highest BCUT2D eigenvalue weighted by atomic mass is 32.2. The van der Waals surface area contributed by atoms with Gasteiger partial charge in [-0.1, -0.05) is 13.3 Å². The van der Waals surface area contributed by atoms with Gasteiger partial charge in [-0.2, -0.15) is 4.31 Å². The Kier molecular flexibility index (Phi) is 6.20. The number of nitrogens with zero attached hydrogens (tertiary/aromatic N) is 2. The second-order valence-electron chi connectivity index (χ2n) is 4.09. The number of sulfonamides is 1. The maximum absolute atomic E-state index is 12.5. The Morgan fingerprint density at radius 3 is 2.74 bits per heavy atom. The molecule has 1 aromatic rings. The average Bonchev–Trinajstić information content (AvgIpc) is 2.43. The van der Waals surface area contributed by atoms with Crippen molar-refractivity contribution < 1.29 is 13.5 Å². The van der Waals surface area contributed by atoms with E-state index in [-0.39, 0.29) is 18.2 Å². The van der Waals surface area contributed by atoms with Crippen LogP contribution in [0.4, 0.5) is 5.69 Å². The van der Waals surface area contributed by atoms with E-state index in [0.29, 0.717) is 12.2 Å². The van der Waals surface area contributed by atoms with Gasteiger partial charge >= 0.3 is 0 Å². The monoisotopic (exact) mass is 287 g/mol. The van der Waals surface area contributed by atoms with Crippen molar-refractivity contribution in [2.45, 2.75) is 24.8 Å². The molecule has 0 atom stereocenters. The number of aromatic nitrogens is 1. The van der Waals surface area contributed by atoms with Crippen molar-refractivity contribution >= 4 is 15.7 Å². The summed E-state index contributed by atoms with van der Waals surface area (Å²) in [5, 5.41) is 11.9. The number of aliphatic hydroxyl groups is 1. The number of hydrogen-bond acceptors (Lipinski definition) is 5. The standard InChI is InChI=1S/C12H21N3O3S/c1-3-4-8-15(9-10-16)19(17,18)12-11(13-2)6-5-7-14-12/h5-7,13,16H,3-4,8-10H2,1-2H3. The molecule has 1 rings (SSSR count). The third kappa shape index (κ3) is 3.89. The van der Waals surface area contributed by atoms with E-state index >= 15 is 0 Å². The molecule has 0 unspecified atom stereocenters. The van der Waals surface area contributed by atoms with Crippen LogP contribution in [0.1, 0.15) is 19.8 Å². The second-order valence-corrected chi connectivity index (χ2v) is 5.94. The van der Waals surface area contributed by atoms with E-state index < -0.39 is 10.0 Å². The van der Waals surface area contributed by atoms with Crippen molar-refractivity contribution in [2.24, 2.45) is 0 Å². The molecular formula is C12H21N3O3S. The first-order valence-electron chi connectivity index (χ1n) is 6.31. The third-order valence-electron chi connectivity index (χ3n) is 2.74. The number of pyridine rings is 1. The predicted molar refractivity (Wildman–Crippen MR) is 74.5 cm³/mol. The molecule has 0 aliphatic carbocycles. The van der Waals surface area contributed by atoms with Gasteiger partial charge in [0.15, 0.2) is 5.03 Å². The number of anilines is 1. The molecular weight excluding hydrogens is 266 g/mol. The molecule has 1 aromatic heterocycles. The summed E-state index contributed by atoms with van der Waals surface area (Å²) < 4.78 is 26.3. The Balaban J connectivity index is 3.11. The van der Waals surface area contributed by atoms with Gasteiger partial charge < -0.3 is 10.4 Å². The topological polar surface area (TPSA) is 82.5 Å². The van der Waals surface area contributed by atoms with Crippen LogP contribution < -0.4 is 5.32 Å². The van der Waals surface area contributed by atoms with E-state index in [4.69, 9.17) is 5.11 Å². The lowest BCUT2D eigenvalue weighted by molar-refractivity contribution is 0.252. The van der Waals surface area contributed by atoms with Crippen LogP contribution in [-0.2, 0) is 10.0 Å². The highest BCUT2D eigenvalue weighted by molar-refractivity contribution is 7.89. The summed E-state index contributed by atoms with van der Waals surface area (Å²) in [7, 11) is -2.03. The fourth-order valence-corrected chi connectivity index (χ4v) is 3.29. The summed E-state index contributed by atoms with van der Waals surface area (Å²) in [4.78, 5) is 3.96. The predicted octanol–water partition coefficient (Wildman–Crippen LogP) is 0.906. The van der Waals surface area contributed by atoms with Crippen LogP contribution in [0.25, 0.3) is 0 Å². The minimum Gasteiger partial charge on any atom is -0.395 e. The molecule has 7 heteroatoms. The highest BCUT2D eigenvalue weighted by Gasteiger charge is 2.27. The molecule has 0 saturated heterocycles. The van der Waals surface area contributed by atoms with Crippen molar-refractivity contribution in [3.8, 4) is 0 Å². The number of aliphatic hydroxyl groups excluding tert-OH is 1. The normalized spacial score (nSPS) is 11.8. The summed E-state index contributed by atoms with van der Waals surface area (Å²) in [6.07, 6.45) is 3.09. The van der Waals surface area contributed by atoms with Crippen molar-refractivity contribution in [3.63, 3.8) is 0 Å². The van der Waals surface area contributed by atoms with Gasteiger partial charge in [-0.25, -0.2) is 13.4 Å². The minimum atomic E-state index is -3.68. The van der Waals surface area contributed by atoms with Crippen LogP contribution >= 0.6 is 0 Å². The Morgan fingerprint density at radius 2 is 2.16 bits per heavy atom. The molecule has 1 heterocycles. The summed E-state index contributed by atoms with van der Waals surface area (Å²) in [6.45, 7) is 2.26. The zero-order valence-electron chi connectivity index (χ0n) is 11.3. The molecule has 0 amide bonds. The van der Waals surface area contributed by atoms with E-state index in [9.17, 15) is 8.42 Å². The largest absolute Gasteiger partial charge is 0.395 e. The lowest BCUT2D eigenvalue weighted by Gasteiger charge is -2.21. The lowest BCUT2D eigenvalue weighted by atomic mass is 10.3. The minimum absolute atomic E-state index is 0.00190. The zero-order chi connectivity index (χ0) is 14.3. The SMILES string of the molecule is CCCCN(CCO)S(=O)(=O)c1ncccc1NC. The fourth-order valence-electron chi connectivity index (χ4n) is 1.71. The van der Waals surface area contributed by atoms with Crippen molar-refractivity contribution in [3.05, 3.63) is 18.3 Å². The van der Waals surface area contributed by atoms with E-state index in [1.165, 1.54) is 10.5 Å². The van der Waals surface area contributed by atoms with Crippen molar-refractivity contribution in [1.82, 2.24) is 9.29 Å². The molecule has 6 nitrogen and oxygen atoms in total. The smallest absolute Gasteiger partial charge is 0.262 e. The number of unbranched alkanes of at least 4 members (excludes halogenated alkanes) is 1. The van der Waals surface area contributed by atoms with Gasteiger partial charge in [0.1, 0.15) is 0 Å². The molecule has 0 radical (unpaired) electrons.